The number of carbonyl (C=O) groups is 2. The lowest BCUT2D eigenvalue weighted by molar-refractivity contribution is -0.131. The number of rotatable bonds is 6. The van der Waals surface area contributed by atoms with Gasteiger partial charge in [-0.15, -0.1) is 0 Å². The molecule has 0 saturated heterocycles. The molecule has 8 heteroatoms. The van der Waals surface area contributed by atoms with E-state index < -0.39 is 18.0 Å². The maximum atomic E-state index is 14.4. The van der Waals surface area contributed by atoms with Crippen molar-refractivity contribution in [1.29, 1.82) is 0 Å². The van der Waals surface area contributed by atoms with Crippen molar-refractivity contribution in [2.24, 2.45) is 5.92 Å². The standard InChI is InChI=1S/C24H30FN3O4/c1-5-22(30)27(4)13-21-15(2)12-28(16(3)14-29)24(31)19-10-17(11-26-23(19)32-21)18-8-6-7-9-20(18)25/h6-11,15-16,21,29H,5,12-14H2,1-4H3/t15-,16-,21+/m0/s1. The fourth-order valence-electron chi connectivity index (χ4n) is 3.80. The van der Waals surface area contributed by atoms with Gasteiger partial charge in [0.25, 0.3) is 5.91 Å². The summed E-state index contributed by atoms with van der Waals surface area (Å²) in [5.41, 5.74) is 0.990. The first kappa shape index (κ1) is 23.7. The molecule has 32 heavy (non-hydrogen) atoms. The van der Waals surface area contributed by atoms with Gasteiger partial charge in [0, 0.05) is 43.3 Å². The Morgan fingerprint density at radius 3 is 2.75 bits per heavy atom. The summed E-state index contributed by atoms with van der Waals surface area (Å²) < 4.78 is 20.5. The summed E-state index contributed by atoms with van der Waals surface area (Å²) in [4.78, 5) is 33.1. The molecule has 3 rings (SSSR count). The molecule has 3 atom stereocenters. The van der Waals surface area contributed by atoms with Crippen LogP contribution in [-0.4, -0.2) is 70.6 Å². The molecule has 0 fully saturated rings. The van der Waals surface area contributed by atoms with Gasteiger partial charge in [-0.25, -0.2) is 9.37 Å². The quantitative estimate of drug-likeness (QED) is 0.742. The number of carbonyl (C=O) groups excluding carboxylic acids is 2. The number of benzene rings is 1. The van der Waals surface area contributed by atoms with Gasteiger partial charge in [-0.2, -0.15) is 0 Å². The summed E-state index contributed by atoms with van der Waals surface area (Å²) in [6, 6.07) is 7.43. The van der Waals surface area contributed by atoms with E-state index in [2.05, 4.69) is 4.98 Å². The normalized spacial score (nSPS) is 19.4. The largest absolute Gasteiger partial charge is 0.472 e. The molecule has 0 unspecified atom stereocenters. The van der Waals surface area contributed by atoms with Crippen LogP contribution in [0.15, 0.2) is 36.5 Å². The van der Waals surface area contributed by atoms with Crippen LogP contribution in [0.4, 0.5) is 4.39 Å². The molecule has 0 aliphatic carbocycles. The number of likely N-dealkylation sites (N-methyl/N-ethyl adjacent to an activating group) is 1. The summed E-state index contributed by atoms with van der Waals surface area (Å²) in [7, 11) is 1.72. The molecule has 0 spiro atoms. The average molecular weight is 444 g/mol. The van der Waals surface area contributed by atoms with Gasteiger partial charge in [0.15, 0.2) is 0 Å². The minimum Gasteiger partial charge on any atom is -0.472 e. The second kappa shape index (κ2) is 10.1. The molecule has 1 aromatic carbocycles. The molecular weight excluding hydrogens is 413 g/mol. The summed E-state index contributed by atoms with van der Waals surface area (Å²) in [6.45, 7) is 5.97. The smallest absolute Gasteiger partial charge is 0.259 e. The molecule has 0 saturated carbocycles. The lowest BCUT2D eigenvalue weighted by Gasteiger charge is -2.37. The molecule has 172 valence electrons. The number of aliphatic hydroxyl groups excluding tert-OH is 1. The van der Waals surface area contributed by atoms with E-state index >= 15 is 0 Å². The van der Waals surface area contributed by atoms with Gasteiger partial charge in [-0.1, -0.05) is 32.0 Å². The Bertz CT molecular complexity index is 983. The van der Waals surface area contributed by atoms with Crippen LogP contribution >= 0.6 is 0 Å². The Labute approximate surface area is 187 Å². The Balaban J connectivity index is 2.05. The number of aliphatic hydroxyl groups is 1. The molecule has 2 aromatic rings. The van der Waals surface area contributed by atoms with E-state index in [0.717, 1.165) is 0 Å². The molecule has 1 N–H and O–H groups in total. The summed E-state index contributed by atoms with van der Waals surface area (Å²) in [5, 5.41) is 9.74. The van der Waals surface area contributed by atoms with Crippen molar-refractivity contribution in [3.8, 4) is 17.0 Å². The maximum Gasteiger partial charge on any atom is 0.259 e. The zero-order chi connectivity index (χ0) is 23.4. The lowest BCUT2D eigenvalue weighted by Crippen LogP contribution is -2.50. The van der Waals surface area contributed by atoms with Crippen LogP contribution in [0.1, 0.15) is 37.6 Å². The first-order chi connectivity index (χ1) is 15.3. The second-order valence-corrected chi connectivity index (χ2v) is 8.31. The lowest BCUT2D eigenvalue weighted by atomic mass is 9.99. The third kappa shape index (κ3) is 4.91. The van der Waals surface area contributed by atoms with Gasteiger partial charge < -0.3 is 19.6 Å². The fourth-order valence-corrected chi connectivity index (χ4v) is 3.80. The van der Waals surface area contributed by atoms with Crippen LogP contribution in [0.5, 0.6) is 5.88 Å². The van der Waals surface area contributed by atoms with Gasteiger partial charge in [0.05, 0.1) is 19.2 Å². The molecule has 2 amide bonds. The zero-order valence-corrected chi connectivity index (χ0v) is 18.9. The minimum atomic E-state index is -0.427. The maximum absolute atomic E-state index is 14.4. The highest BCUT2D eigenvalue weighted by atomic mass is 19.1. The molecular formula is C24H30FN3O4. The average Bonchev–Trinajstić information content (AvgIpc) is 2.80. The van der Waals surface area contributed by atoms with Crippen LogP contribution in [0, 0.1) is 11.7 Å². The van der Waals surface area contributed by atoms with Crippen molar-refractivity contribution in [3.05, 3.63) is 47.9 Å². The van der Waals surface area contributed by atoms with E-state index in [1.807, 2.05) is 6.92 Å². The highest BCUT2D eigenvalue weighted by molar-refractivity contribution is 5.98. The summed E-state index contributed by atoms with van der Waals surface area (Å²) in [6.07, 6.45) is 1.45. The number of nitrogens with zero attached hydrogens (tertiary/aromatic N) is 3. The second-order valence-electron chi connectivity index (χ2n) is 8.31. The molecule has 1 aliphatic rings. The molecule has 1 aliphatic heterocycles. The molecule has 1 aromatic heterocycles. The summed E-state index contributed by atoms with van der Waals surface area (Å²) >= 11 is 0. The molecule has 0 radical (unpaired) electrons. The van der Waals surface area contributed by atoms with Crippen molar-refractivity contribution in [3.63, 3.8) is 0 Å². The Hall–Kier alpha value is -3.00. The number of halogens is 1. The van der Waals surface area contributed by atoms with E-state index in [9.17, 15) is 19.1 Å². The van der Waals surface area contributed by atoms with Crippen molar-refractivity contribution in [2.75, 3.05) is 26.7 Å². The van der Waals surface area contributed by atoms with Gasteiger partial charge in [-0.05, 0) is 19.1 Å². The molecule has 2 heterocycles. The van der Waals surface area contributed by atoms with Crippen LogP contribution in [0.3, 0.4) is 0 Å². The predicted octanol–water partition coefficient (Wildman–Crippen LogP) is 2.98. The van der Waals surface area contributed by atoms with Crippen molar-refractivity contribution < 1.29 is 23.8 Å². The number of ether oxygens (including phenoxy) is 1. The van der Waals surface area contributed by atoms with E-state index in [1.165, 1.54) is 12.3 Å². The predicted molar refractivity (Wildman–Crippen MR) is 119 cm³/mol. The number of hydrogen-bond donors (Lipinski definition) is 1. The van der Waals surface area contributed by atoms with E-state index in [0.29, 0.717) is 30.6 Å². The topological polar surface area (TPSA) is 83.0 Å². The summed E-state index contributed by atoms with van der Waals surface area (Å²) in [5.74, 6) is -0.751. The fraction of sp³-hybridized carbons (Fsp3) is 0.458. The number of amides is 2. The SMILES string of the molecule is CCC(=O)N(C)C[C@H]1Oc2ncc(-c3ccccc3F)cc2C(=O)N([C@@H](C)CO)C[C@@H]1C. The van der Waals surface area contributed by atoms with Crippen molar-refractivity contribution >= 4 is 11.8 Å². The van der Waals surface area contributed by atoms with Crippen molar-refractivity contribution in [2.45, 2.75) is 39.3 Å². The number of pyridine rings is 1. The van der Waals surface area contributed by atoms with E-state index in [1.54, 1.807) is 55.0 Å². The minimum absolute atomic E-state index is 0.0115. The Morgan fingerprint density at radius 1 is 1.38 bits per heavy atom. The Morgan fingerprint density at radius 2 is 2.09 bits per heavy atom. The van der Waals surface area contributed by atoms with Gasteiger partial charge in [-0.3, -0.25) is 9.59 Å². The van der Waals surface area contributed by atoms with Crippen LogP contribution in [0.2, 0.25) is 0 Å². The first-order valence-electron chi connectivity index (χ1n) is 10.8. The van der Waals surface area contributed by atoms with Crippen LogP contribution in [-0.2, 0) is 4.79 Å². The first-order valence-corrected chi connectivity index (χ1v) is 10.8. The third-order valence-electron chi connectivity index (χ3n) is 5.89. The van der Waals surface area contributed by atoms with E-state index in [4.69, 9.17) is 4.74 Å². The van der Waals surface area contributed by atoms with Gasteiger partial charge in [0.1, 0.15) is 17.5 Å². The Kier molecular flexibility index (Phi) is 7.45. The number of fused-ring (bicyclic) bond motifs is 1. The molecule has 0 bridgehead atoms. The number of hydrogen-bond acceptors (Lipinski definition) is 5. The third-order valence-corrected chi connectivity index (χ3v) is 5.89. The van der Waals surface area contributed by atoms with Crippen molar-refractivity contribution in [1.82, 2.24) is 14.8 Å². The number of aromatic nitrogens is 1. The highest BCUT2D eigenvalue weighted by Gasteiger charge is 2.34. The van der Waals surface area contributed by atoms with Gasteiger partial charge >= 0.3 is 0 Å². The molecule has 7 nitrogen and oxygen atoms in total. The van der Waals surface area contributed by atoms with Crippen LogP contribution < -0.4 is 4.74 Å². The van der Waals surface area contributed by atoms with E-state index in [-0.39, 0.29) is 35.8 Å². The zero-order valence-electron chi connectivity index (χ0n) is 18.9. The van der Waals surface area contributed by atoms with Crippen LogP contribution in [0.25, 0.3) is 11.1 Å². The monoisotopic (exact) mass is 443 g/mol. The highest BCUT2D eigenvalue weighted by Crippen LogP contribution is 2.31. The van der Waals surface area contributed by atoms with Gasteiger partial charge in [0.2, 0.25) is 11.8 Å².